The van der Waals surface area contributed by atoms with Crippen molar-refractivity contribution < 1.29 is 9.59 Å². The second kappa shape index (κ2) is 8.70. The molecule has 0 fully saturated rings. The standard InChI is InChI=1S/C17H16ClN3O2/c18-15-6-2-1-4-13(15)7-8-16(22)20-10-11-21-17(23)14-5-3-9-19-12-14/h1-9,12H,10-11H2,(H,20,22)(H,21,23)/b8-7+. The molecule has 2 amide bonds. The zero-order valence-electron chi connectivity index (χ0n) is 12.3. The van der Waals surface area contributed by atoms with Crippen LogP contribution in [0.3, 0.4) is 0 Å². The number of hydrogen-bond donors (Lipinski definition) is 2. The van der Waals surface area contributed by atoms with E-state index >= 15 is 0 Å². The monoisotopic (exact) mass is 329 g/mol. The fourth-order valence-electron chi connectivity index (χ4n) is 1.80. The predicted molar refractivity (Wildman–Crippen MR) is 90.1 cm³/mol. The van der Waals surface area contributed by atoms with Gasteiger partial charge in [0.2, 0.25) is 5.91 Å². The van der Waals surface area contributed by atoms with Crippen LogP contribution >= 0.6 is 11.6 Å². The van der Waals surface area contributed by atoms with E-state index in [0.29, 0.717) is 23.7 Å². The average molecular weight is 330 g/mol. The second-order valence-corrected chi connectivity index (χ2v) is 5.05. The zero-order valence-corrected chi connectivity index (χ0v) is 13.1. The average Bonchev–Trinajstić information content (AvgIpc) is 2.58. The summed E-state index contributed by atoms with van der Waals surface area (Å²) < 4.78 is 0. The number of aromatic nitrogens is 1. The number of nitrogens with zero attached hydrogens (tertiary/aromatic N) is 1. The number of amides is 2. The Morgan fingerprint density at radius 2 is 1.87 bits per heavy atom. The van der Waals surface area contributed by atoms with Crippen LogP contribution in [0.25, 0.3) is 6.08 Å². The fraction of sp³-hybridized carbons (Fsp3) is 0.118. The van der Waals surface area contributed by atoms with E-state index in [1.54, 1.807) is 30.5 Å². The van der Waals surface area contributed by atoms with E-state index in [1.807, 2.05) is 18.2 Å². The molecule has 118 valence electrons. The minimum atomic E-state index is -0.249. The summed E-state index contributed by atoms with van der Waals surface area (Å²) in [5.74, 6) is -0.473. The Balaban J connectivity index is 1.71. The number of halogens is 1. The number of pyridine rings is 1. The zero-order chi connectivity index (χ0) is 16.5. The van der Waals surface area contributed by atoms with Crippen LogP contribution in [0.15, 0.2) is 54.9 Å². The molecular formula is C17H16ClN3O2. The van der Waals surface area contributed by atoms with E-state index < -0.39 is 0 Å². The summed E-state index contributed by atoms with van der Waals surface area (Å²) in [5, 5.41) is 5.96. The Hall–Kier alpha value is -2.66. The van der Waals surface area contributed by atoms with Crippen LogP contribution < -0.4 is 10.6 Å². The highest BCUT2D eigenvalue weighted by molar-refractivity contribution is 6.32. The fourth-order valence-corrected chi connectivity index (χ4v) is 1.99. The molecule has 23 heavy (non-hydrogen) atoms. The molecule has 5 nitrogen and oxygen atoms in total. The molecule has 0 spiro atoms. The summed E-state index contributed by atoms with van der Waals surface area (Å²) in [5.41, 5.74) is 1.26. The molecule has 0 saturated carbocycles. The third-order valence-electron chi connectivity index (χ3n) is 2.95. The SMILES string of the molecule is O=C(/C=C/c1ccccc1Cl)NCCNC(=O)c1cccnc1. The van der Waals surface area contributed by atoms with Gasteiger partial charge in [0.05, 0.1) is 5.56 Å². The van der Waals surface area contributed by atoms with Crippen LogP contribution in [0.5, 0.6) is 0 Å². The Morgan fingerprint density at radius 1 is 1.09 bits per heavy atom. The van der Waals surface area contributed by atoms with E-state index in [-0.39, 0.29) is 11.8 Å². The maximum atomic E-state index is 11.7. The summed E-state index contributed by atoms with van der Waals surface area (Å²) in [4.78, 5) is 27.3. The normalized spacial score (nSPS) is 10.5. The van der Waals surface area contributed by atoms with Gasteiger partial charge in [0, 0.05) is 36.6 Å². The van der Waals surface area contributed by atoms with E-state index in [1.165, 1.54) is 12.3 Å². The summed E-state index contributed by atoms with van der Waals surface area (Å²) >= 11 is 5.99. The van der Waals surface area contributed by atoms with Gasteiger partial charge in [-0.1, -0.05) is 29.8 Å². The largest absolute Gasteiger partial charge is 0.351 e. The Bertz CT molecular complexity index is 702. The lowest BCUT2D eigenvalue weighted by Gasteiger charge is -2.05. The third kappa shape index (κ3) is 5.56. The van der Waals surface area contributed by atoms with Crippen LogP contribution in [0.4, 0.5) is 0 Å². The summed E-state index contributed by atoms with van der Waals surface area (Å²) in [6.07, 6.45) is 6.14. The predicted octanol–water partition coefficient (Wildman–Crippen LogP) is 2.29. The Morgan fingerprint density at radius 3 is 2.61 bits per heavy atom. The first-order valence-electron chi connectivity index (χ1n) is 7.05. The van der Waals surface area contributed by atoms with Crippen molar-refractivity contribution in [2.24, 2.45) is 0 Å². The van der Waals surface area contributed by atoms with Crippen molar-refractivity contribution in [1.82, 2.24) is 15.6 Å². The molecule has 0 saturated heterocycles. The highest BCUT2D eigenvalue weighted by Crippen LogP contribution is 2.15. The van der Waals surface area contributed by atoms with Crippen molar-refractivity contribution in [3.05, 3.63) is 71.0 Å². The van der Waals surface area contributed by atoms with E-state index in [2.05, 4.69) is 15.6 Å². The lowest BCUT2D eigenvalue weighted by molar-refractivity contribution is -0.116. The first-order valence-corrected chi connectivity index (χ1v) is 7.43. The van der Waals surface area contributed by atoms with Crippen molar-refractivity contribution in [3.63, 3.8) is 0 Å². The topological polar surface area (TPSA) is 71.1 Å². The molecule has 0 aliphatic rings. The lowest BCUT2D eigenvalue weighted by Crippen LogP contribution is -2.34. The van der Waals surface area contributed by atoms with E-state index in [0.717, 1.165) is 5.56 Å². The first kappa shape index (κ1) is 16.7. The van der Waals surface area contributed by atoms with Crippen LogP contribution in [0, 0.1) is 0 Å². The molecule has 2 N–H and O–H groups in total. The van der Waals surface area contributed by atoms with Gasteiger partial charge in [-0.15, -0.1) is 0 Å². The molecular weight excluding hydrogens is 314 g/mol. The van der Waals surface area contributed by atoms with Crippen molar-refractivity contribution >= 4 is 29.5 Å². The first-order chi connectivity index (χ1) is 11.2. The number of nitrogens with one attached hydrogen (secondary N) is 2. The number of benzene rings is 1. The summed E-state index contributed by atoms with van der Waals surface area (Å²) in [6.45, 7) is 0.664. The van der Waals surface area contributed by atoms with Crippen LogP contribution in [0.2, 0.25) is 5.02 Å². The van der Waals surface area contributed by atoms with Gasteiger partial charge in [-0.25, -0.2) is 0 Å². The number of carbonyl (C=O) groups is 2. The number of rotatable bonds is 6. The van der Waals surface area contributed by atoms with E-state index in [4.69, 9.17) is 11.6 Å². The van der Waals surface area contributed by atoms with E-state index in [9.17, 15) is 9.59 Å². The van der Waals surface area contributed by atoms with Gasteiger partial charge >= 0.3 is 0 Å². The van der Waals surface area contributed by atoms with Crippen molar-refractivity contribution in [2.45, 2.75) is 0 Å². The smallest absolute Gasteiger partial charge is 0.252 e. The molecule has 0 radical (unpaired) electrons. The highest BCUT2D eigenvalue weighted by atomic mass is 35.5. The number of carbonyl (C=O) groups excluding carboxylic acids is 2. The quantitative estimate of drug-likeness (QED) is 0.631. The van der Waals surface area contributed by atoms with Gasteiger partial charge in [0.1, 0.15) is 0 Å². The van der Waals surface area contributed by atoms with Gasteiger partial charge < -0.3 is 10.6 Å². The highest BCUT2D eigenvalue weighted by Gasteiger charge is 2.04. The summed E-state index contributed by atoms with van der Waals surface area (Å²) in [7, 11) is 0. The molecule has 2 aromatic rings. The van der Waals surface area contributed by atoms with Crippen LogP contribution in [0.1, 0.15) is 15.9 Å². The third-order valence-corrected chi connectivity index (χ3v) is 3.30. The molecule has 0 atom stereocenters. The van der Waals surface area contributed by atoms with Crippen LogP contribution in [-0.4, -0.2) is 29.9 Å². The van der Waals surface area contributed by atoms with Gasteiger partial charge in [0.15, 0.2) is 0 Å². The Labute approximate surface area is 139 Å². The molecule has 0 bridgehead atoms. The number of hydrogen-bond acceptors (Lipinski definition) is 3. The molecule has 2 rings (SSSR count). The molecule has 1 aromatic heterocycles. The van der Waals surface area contributed by atoms with Crippen molar-refractivity contribution in [3.8, 4) is 0 Å². The minimum absolute atomic E-state index is 0.223. The minimum Gasteiger partial charge on any atom is -0.351 e. The van der Waals surface area contributed by atoms with Gasteiger partial charge in [0.25, 0.3) is 5.91 Å². The Kier molecular flexibility index (Phi) is 6.32. The maximum Gasteiger partial charge on any atom is 0.252 e. The second-order valence-electron chi connectivity index (χ2n) is 4.64. The maximum absolute atomic E-state index is 11.7. The van der Waals surface area contributed by atoms with Crippen molar-refractivity contribution in [2.75, 3.05) is 13.1 Å². The van der Waals surface area contributed by atoms with Gasteiger partial charge in [-0.05, 0) is 29.8 Å². The molecule has 1 aromatic carbocycles. The molecule has 0 unspecified atom stereocenters. The molecule has 1 heterocycles. The van der Waals surface area contributed by atoms with Crippen molar-refractivity contribution in [1.29, 1.82) is 0 Å². The molecule has 0 aliphatic carbocycles. The molecule has 6 heteroatoms. The molecule has 0 aliphatic heterocycles. The van der Waals surface area contributed by atoms with Gasteiger partial charge in [-0.2, -0.15) is 0 Å². The van der Waals surface area contributed by atoms with Crippen LogP contribution in [-0.2, 0) is 4.79 Å². The lowest BCUT2D eigenvalue weighted by atomic mass is 10.2. The van der Waals surface area contributed by atoms with Gasteiger partial charge in [-0.3, -0.25) is 14.6 Å². The summed E-state index contributed by atoms with van der Waals surface area (Å²) in [6, 6.07) is 10.6.